The van der Waals surface area contributed by atoms with Crippen LogP contribution in [-0.4, -0.2) is 92.2 Å². The zero-order valence-electron chi connectivity index (χ0n) is 17.5. The standard InChI is InChI=1S/C17H27N5O11/c1-6(23)13(22-14(29)7(18)4-10(19)24)16(31)20-8(2-3-11(25)26)15(30)21-9(17(32)33)5-12(27)28/h6-9,13,23H,2-5,18H2,1H3,(H2,19,24)(H,20,31)(H,21,30)(H,22,29)(H,25,26)(H,27,28)(H,32,33). The monoisotopic (exact) mass is 477 g/mol. The van der Waals surface area contributed by atoms with Gasteiger partial charge in [0.25, 0.3) is 0 Å². The van der Waals surface area contributed by atoms with Gasteiger partial charge in [0.2, 0.25) is 23.6 Å². The number of aliphatic hydroxyl groups excluding tert-OH is 1. The van der Waals surface area contributed by atoms with Gasteiger partial charge in [0, 0.05) is 6.42 Å². The number of carbonyl (C=O) groups excluding carboxylic acids is 4. The third-order valence-electron chi connectivity index (χ3n) is 4.09. The van der Waals surface area contributed by atoms with Crippen molar-refractivity contribution in [3.63, 3.8) is 0 Å². The molecule has 0 spiro atoms. The van der Waals surface area contributed by atoms with Gasteiger partial charge in [-0.15, -0.1) is 0 Å². The van der Waals surface area contributed by atoms with E-state index in [0.717, 1.165) is 6.92 Å². The van der Waals surface area contributed by atoms with E-state index in [1.807, 2.05) is 5.32 Å². The Morgan fingerprint density at radius 2 is 1.33 bits per heavy atom. The third kappa shape index (κ3) is 11.4. The highest BCUT2D eigenvalue weighted by atomic mass is 16.4. The molecule has 0 aromatic heterocycles. The summed E-state index contributed by atoms with van der Waals surface area (Å²) in [7, 11) is 0. The molecule has 0 saturated heterocycles. The van der Waals surface area contributed by atoms with Crippen molar-refractivity contribution in [2.75, 3.05) is 0 Å². The van der Waals surface area contributed by atoms with Crippen molar-refractivity contribution < 1.29 is 54.0 Å². The van der Waals surface area contributed by atoms with E-state index in [1.165, 1.54) is 0 Å². The lowest BCUT2D eigenvalue weighted by molar-refractivity contribution is -0.147. The molecule has 0 saturated carbocycles. The zero-order valence-corrected chi connectivity index (χ0v) is 17.5. The minimum Gasteiger partial charge on any atom is -0.481 e. The Morgan fingerprint density at radius 3 is 1.76 bits per heavy atom. The van der Waals surface area contributed by atoms with Crippen LogP contribution in [0.1, 0.15) is 32.6 Å². The number of aliphatic hydroxyl groups is 1. The largest absolute Gasteiger partial charge is 0.481 e. The van der Waals surface area contributed by atoms with Crippen LogP contribution in [0.25, 0.3) is 0 Å². The van der Waals surface area contributed by atoms with Crippen molar-refractivity contribution in [2.24, 2.45) is 11.5 Å². The molecule has 0 rings (SSSR count). The minimum absolute atomic E-state index is 0.534. The SMILES string of the molecule is CC(O)C(NC(=O)C(N)CC(N)=O)C(=O)NC(CCC(=O)O)C(=O)NC(CC(=O)O)C(=O)O. The number of primary amides is 1. The summed E-state index contributed by atoms with van der Waals surface area (Å²) in [6.07, 6.45) is -4.29. The van der Waals surface area contributed by atoms with Crippen LogP contribution in [0, 0.1) is 0 Å². The van der Waals surface area contributed by atoms with Gasteiger partial charge in [-0.2, -0.15) is 0 Å². The molecule has 0 aromatic carbocycles. The van der Waals surface area contributed by atoms with Crippen LogP contribution in [0.4, 0.5) is 0 Å². The first kappa shape index (κ1) is 29.2. The molecule has 33 heavy (non-hydrogen) atoms. The summed E-state index contributed by atoms with van der Waals surface area (Å²) in [6.45, 7) is 1.10. The van der Waals surface area contributed by atoms with E-state index in [0.29, 0.717) is 0 Å². The van der Waals surface area contributed by atoms with E-state index in [4.69, 9.17) is 26.8 Å². The van der Waals surface area contributed by atoms with Gasteiger partial charge in [0.1, 0.15) is 18.1 Å². The van der Waals surface area contributed by atoms with Crippen molar-refractivity contribution in [2.45, 2.75) is 62.9 Å². The summed E-state index contributed by atoms with van der Waals surface area (Å²) in [5.74, 6) is -8.91. The Kier molecular flexibility index (Phi) is 12.0. The number of hydrogen-bond acceptors (Lipinski definition) is 9. The molecule has 186 valence electrons. The maximum Gasteiger partial charge on any atom is 0.326 e. The molecule has 0 aliphatic heterocycles. The van der Waals surface area contributed by atoms with Crippen LogP contribution in [0.2, 0.25) is 0 Å². The maximum atomic E-state index is 12.6. The topological polar surface area (TPSA) is 289 Å². The molecule has 11 N–H and O–H groups in total. The summed E-state index contributed by atoms with van der Waals surface area (Å²) in [5, 5.41) is 42.5. The highest BCUT2D eigenvalue weighted by molar-refractivity contribution is 5.95. The number of aliphatic carboxylic acids is 3. The first-order valence-corrected chi connectivity index (χ1v) is 9.45. The van der Waals surface area contributed by atoms with Crippen molar-refractivity contribution in [1.29, 1.82) is 0 Å². The molecule has 5 atom stereocenters. The first-order valence-electron chi connectivity index (χ1n) is 9.45. The molecule has 16 heteroatoms. The predicted molar refractivity (Wildman–Crippen MR) is 106 cm³/mol. The normalized spacial score (nSPS) is 15.1. The van der Waals surface area contributed by atoms with Crippen LogP contribution in [0.15, 0.2) is 0 Å². The highest BCUT2D eigenvalue weighted by Crippen LogP contribution is 2.04. The Bertz CT molecular complexity index is 785. The molecule has 0 aliphatic rings. The fourth-order valence-electron chi connectivity index (χ4n) is 2.42. The molecular formula is C17H27N5O11. The third-order valence-corrected chi connectivity index (χ3v) is 4.09. The highest BCUT2D eigenvalue weighted by Gasteiger charge is 2.33. The maximum absolute atomic E-state index is 12.6. The molecule has 0 heterocycles. The number of rotatable bonds is 15. The summed E-state index contributed by atoms with van der Waals surface area (Å²) < 4.78 is 0. The number of amides is 4. The van der Waals surface area contributed by atoms with Gasteiger partial charge in [0.05, 0.1) is 25.0 Å². The Morgan fingerprint density at radius 1 is 0.788 bits per heavy atom. The van der Waals surface area contributed by atoms with Crippen molar-refractivity contribution in [3.05, 3.63) is 0 Å². The van der Waals surface area contributed by atoms with Crippen LogP contribution in [0.5, 0.6) is 0 Å². The van der Waals surface area contributed by atoms with E-state index in [1.54, 1.807) is 0 Å². The minimum atomic E-state index is -1.88. The van der Waals surface area contributed by atoms with Crippen LogP contribution < -0.4 is 27.4 Å². The molecule has 16 nitrogen and oxygen atoms in total. The number of hydrogen-bond donors (Lipinski definition) is 9. The average Bonchev–Trinajstić information content (AvgIpc) is 2.66. The lowest BCUT2D eigenvalue weighted by atomic mass is 10.1. The van der Waals surface area contributed by atoms with Gasteiger partial charge in [-0.3, -0.25) is 28.8 Å². The predicted octanol–water partition coefficient (Wildman–Crippen LogP) is -4.55. The van der Waals surface area contributed by atoms with E-state index >= 15 is 0 Å². The first-order chi connectivity index (χ1) is 15.1. The summed E-state index contributed by atoms with van der Waals surface area (Å²) in [6, 6.07) is -6.69. The van der Waals surface area contributed by atoms with E-state index in [9.17, 15) is 38.7 Å². The number of carbonyl (C=O) groups is 7. The van der Waals surface area contributed by atoms with Gasteiger partial charge < -0.3 is 47.8 Å². The van der Waals surface area contributed by atoms with Crippen molar-refractivity contribution in [3.8, 4) is 0 Å². The zero-order chi connectivity index (χ0) is 25.9. The quantitative estimate of drug-likeness (QED) is 0.108. The second-order valence-corrected chi connectivity index (χ2v) is 6.99. The Labute approximate surface area is 186 Å². The van der Waals surface area contributed by atoms with Crippen LogP contribution in [0.3, 0.4) is 0 Å². The van der Waals surface area contributed by atoms with Crippen LogP contribution >= 0.6 is 0 Å². The summed E-state index contributed by atoms with van der Waals surface area (Å²) >= 11 is 0. The fraction of sp³-hybridized carbons (Fsp3) is 0.588. The van der Waals surface area contributed by atoms with Gasteiger partial charge in [0.15, 0.2) is 0 Å². The van der Waals surface area contributed by atoms with Gasteiger partial charge in [-0.25, -0.2) is 4.79 Å². The van der Waals surface area contributed by atoms with Crippen molar-refractivity contribution >= 4 is 41.5 Å². The number of nitrogens with one attached hydrogen (secondary N) is 3. The number of nitrogens with two attached hydrogens (primary N) is 2. The van der Waals surface area contributed by atoms with Crippen LogP contribution in [-0.2, 0) is 33.6 Å². The van der Waals surface area contributed by atoms with E-state index < -0.39 is 97.5 Å². The lowest BCUT2D eigenvalue weighted by Crippen LogP contribution is -2.60. The van der Waals surface area contributed by atoms with Gasteiger partial charge in [-0.05, 0) is 13.3 Å². The van der Waals surface area contributed by atoms with Gasteiger partial charge in [-0.1, -0.05) is 0 Å². The molecule has 5 unspecified atom stereocenters. The Hall–Kier alpha value is -3.79. The molecule has 0 bridgehead atoms. The molecule has 0 aromatic rings. The van der Waals surface area contributed by atoms with Crippen molar-refractivity contribution in [1.82, 2.24) is 16.0 Å². The lowest BCUT2D eigenvalue weighted by Gasteiger charge is -2.26. The smallest absolute Gasteiger partial charge is 0.326 e. The number of carboxylic acid groups (broad SMARTS) is 3. The second-order valence-electron chi connectivity index (χ2n) is 6.99. The molecule has 0 fully saturated rings. The second kappa shape index (κ2) is 13.6. The molecule has 0 radical (unpaired) electrons. The van der Waals surface area contributed by atoms with Gasteiger partial charge >= 0.3 is 17.9 Å². The summed E-state index contributed by atoms with van der Waals surface area (Å²) in [5.41, 5.74) is 10.4. The summed E-state index contributed by atoms with van der Waals surface area (Å²) in [4.78, 5) is 80.7. The van der Waals surface area contributed by atoms with E-state index in [2.05, 4.69) is 10.6 Å². The molecular weight excluding hydrogens is 450 g/mol. The van der Waals surface area contributed by atoms with E-state index in [-0.39, 0.29) is 0 Å². The molecule has 4 amide bonds. The number of carboxylic acids is 3. The average molecular weight is 477 g/mol. The fourth-order valence-corrected chi connectivity index (χ4v) is 2.42. The molecule has 0 aliphatic carbocycles. The Balaban J connectivity index is 5.53.